The van der Waals surface area contributed by atoms with Crippen LogP contribution in [0.4, 0.5) is 0 Å². The molecule has 0 saturated carbocycles. The Labute approximate surface area is 188 Å². The number of hydrogen-bond donors (Lipinski definition) is 0. The number of rotatable bonds is 3. The highest BCUT2D eigenvalue weighted by molar-refractivity contribution is 9.10. The van der Waals surface area contributed by atoms with Gasteiger partial charge >= 0.3 is 0 Å². The van der Waals surface area contributed by atoms with Crippen LogP contribution in [0, 0.1) is 0 Å². The lowest BCUT2D eigenvalue weighted by Gasteiger charge is -2.20. The van der Waals surface area contributed by atoms with Crippen molar-refractivity contribution in [3.8, 4) is 28.5 Å². The number of halogens is 2. The van der Waals surface area contributed by atoms with Crippen molar-refractivity contribution >= 4 is 31.9 Å². The molecule has 4 aromatic rings. The zero-order valence-electron chi connectivity index (χ0n) is 16.5. The van der Waals surface area contributed by atoms with Gasteiger partial charge < -0.3 is 0 Å². The molecule has 0 bridgehead atoms. The van der Waals surface area contributed by atoms with E-state index in [2.05, 4.69) is 116 Å². The summed E-state index contributed by atoms with van der Waals surface area (Å²) in [6, 6.07) is 25.0. The van der Waals surface area contributed by atoms with E-state index in [4.69, 9.17) is 0 Å². The minimum Gasteiger partial charge on any atom is -0.275 e. The standard InChI is InChI=1S/C24H21Br2N3/c1-24(2,3)18-8-14-21(15-9-18)29-22(16-4-10-19(25)11-5-16)27-28-23(29)17-6-12-20(26)13-7-17/h4-15H,1-3H3. The van der Waals surface area contributed by atoms with Gasteiger partial charge in [-0.1, -0.05) is 89.0 Å². The fraction of sp³-hybridized carbons (Fsp3) is 0.167. The van der Waals surface area contributed by atoms with E-state index in [9.17, 15) is 0 Å². The molecule has 1 heterocycles. The Balaban J connectivity index is 1.90. The lowest BCUT2D eigenvalue weighted by atomic mass is 9.87. The molecule has 29 heavy (non-hydrogen) atoms. The summed E-state index contributed by atoms with van der Waals surface area (Å²) in [6.45, 7) is 6.67. The summed E-state index contributed by atoms with van der Waals surface area (Å²) >= 11 is 7.02. The van der Waals surface area contributed by atoms with E-state index in [0.717, 1.165) is 37.4 Å². The van der Waals surface area contributed by atoms with Crippen LogP contribution in [0.2, 0.25) is 0 Å². The Hall–Kier alpha value is -2.24. The average molecular weight is 511 g/mol. The maximum absolute atomic E-state index is 4.55. The van der Waals surface area contributed by atoms with Gasteiger partial charge in [0.2, 0.25) is 0 Å². The maximum Gasteiger partial charge on any atom is 0.168 e. The Morgan fingerprint density at radius 2 is 1.03 bits per heavy atom. The first-order chi connectivity index (χ1) is 13.8. The second-order valence-corrected chi connectivity index (χ2v) is 9.82. The Kier molecular flexibility index (Phi) is 5.45. The van der Waals surface area contributed by atoms with Crippen molar-refractivity contribution in [2.75, 3.05) is 0 Å². The predicted molar refractivity (Wildman–Crippen MR) is 126 cm³/mol. The fourth-order valence-electron chi connectivity index (χ4n) is 3.21. The van der Waals surface area contributed by atoms with Crippen molar-refractivity contribution in [2.24, 2.45) is 0 Å². The summed E-state index contributed by atoms with van der Waals surface area (Å²) in [5.74, 6) is 1.64. The molecule has 0 N–H and O–H groups in total. The molecular formula is C24H21Br2N3. The van der Waals surface area contributed by atoms with Gasteiger partial charge in [0.05, 0.1) is 0 Å². The lowest BCUT2D eigenvalue weighted by Crippen LogP contribution is -2.11. The van der Waals surface area contributed by atoms with E-state index in [1.54, 1.807) is 0 Å². The third-order valence-corrected chi connectivity index (χ3v) is 5.92. The molecule has 0 fully saturated rings. The van der Waals surface area contributed by atoms with Gasteiger partial charge in [-0.15, -0.1) is 10.2 Å². The topological polar surface area (TPSA) is 30.7 Å². The van der Waals surface area contributed by atoms with Crippen LogP contribution in [0.3, 0.4) is 0 Å². The third kappa shape index (κ3) is 4.21. The van der Waals surface area contributed by atoms with E-state index >= 15 is 0 Å². The summed E-state index contributed by atoms with van der Waals surface area (Å²) in [7, 11) is 0. The molecular weight excluding hydrogens is 490 g/mol. The molecule has 1 aromatic heterocycles. The normalized spacial score (nSPS) is 11.6. The summed E-state index contributed by atoms with van der Waals surface area (Å²) in [5, 5.41) is 9.10. The van der Waals surface area contributed by atoms with Crippen LogP contribution in [-0.4, -0.2) is 14.8 Å². The van der Waals surface area contributed by atoms with Crippen LogP contribution in [0.5, 0.6) is 0 Å². The molecule has 0 atom stereocenters. The first-order valence-corrected chi connectivity index (χ1v) is 11.0. The first kappa shape index (κ1) is 20.0. The van der Waals surface area contributed by atoms with Crippen molar-refractivity contribution in [3.05, 3.63) is 87.3 Å². The smallest absolute Gasteiger partial charge is 0.168 e. The third-order valence-electron chi connectivity index (χ3n) is 4.86. The van der Waals surface area contributed by atoms with Gasteiger partial charge in [-0.3, -0.25) is 4.57 Å². The minimum absolute atomic E-state index is 0.106. The number of benzene rings is 3. The monoisotopic (exact) mass is 509 g/mol. The Morgan fingerprint density at radius 3 is 1.41 bits per heavy atom. The Morgan fingerprint density at radius 1 is 0.621 bits per heavy atom. The SMILES string of the molecule is CC(C)(C)c1ccc(-n2c(-c3ccc(Br)cc3)nnc2-c2ccc(Br)cc2)cc1. The van der Waals surface area contributed by atoms with Crippen LogP contribution < -0.4 is 0 Å². The van der Waals surface area contributed by atoms with E-state index in [0.29, 0.717) is 0 Å². The summed E-state index contributed by atoms with van der Waals surface area (Å²) < 4.78 is 4.20. The van der Waals surface area contributed by atoms with Crippen molar-refractivity contribution in [2.45, 2.75) is 26.2 Å². The van der Waals surface area contributed by atoms with Crippen LogP contribution in [-0.2, 0) is 5.41 Å². The van der Waals surface area contributed by atoms with Crippen LogP contribution in [0.1, 0.15) is 26.3 Å². The molecule has 0 aliphatic carbocycles. The second kappa shape index (κ2) is 7.88. The summed E-state index contributed by atoms with van der Waals surface area (Å²) in [5.41, 5.74) is 4.48. The van der Waals surface area contributed by atoms with Gasteiger partial charge in [-0.2, -0.15) is 0 Å². The molecule has 0 unspecified atom stereocenters. The maximum atomic E-state index is 4.55. The van der Waals surface area contributed by atoms with E-state index < -0.39 is 0 Å². The van der Waals surface area contributed by atoms with Crippen LogP contribution in [0.15, 0.2) is 81.7 Å². The molecule has 4 rings (SSSR count). The molecule has 0 saturated heterocycles. The molecule has 0 amide bonds. The van der Waals surface area contributed by atoms with E-state index in [1.165, 1.54) is 5.56 Å². The number of aromatic nitrogens is 3. The first-order valence-electron chi connectivity index (χ1n) is 9.41. The largest absolute Gasteiger partial charge is 0.275 e. The van der Waals surface area contributed by atoms with Gasteiger partial charge in [0.15, 0.2) is 11.6 Å². The van der Waals surface area contributed by atoms with Gasteiger partial charge in [0.1, 0.15) is 0 Å². The quantitative estimate of drug-likeness (QED) is 0.287. The van der Waals surface area contributed by atoms with Crippen molar-refractivity contribution in [1.29, 1.82) is 0 Å². The Bertz CT molecular complexity index is 1060. The minimum atomic E-state index is 0.106. The highest BCUT2D eigenvalue weighted by atomic mass is 79.9. The molecule has 3 aromatic carbocycles. The molecule has 0 aliphatic rings. The van der Waals surface area contributed by atoms with Crippen LogP contribution >= 0.6 is 31.9 Å². The molecule has 146 valence electrons. The summed E-state index contributed by atoms with van der Waals surface area (Å²) in [6.07, 6.45) is 0. The number of nitrogens with zero attached hydrogens (tertiary/aromatic N) is 3. The molecule has 0 radical (unpaired) electrons. The van der Waals surface area contributed by atoms with Gasteiger partial charge in [-0.25, -0.2) is 0 Å². The van der Waals surface area contributed by atoms with Gasteiger partial charge in [0.25, 0.3) is 0 Å². The molecule has 0 aliphatic heterocycles. The van der Waals surface area contributed by atoms with Crippen molar-refractivity contribution < 1.29 is 0 Å². The van der Waals surface area contributed by atoms with E-state index in [-0.39, 0.29) is 5.41 Å². The molecule has 0 spiro atoms. The summed E-state index contributed by atoms with van der Waals surface area (Å²) in [4.78, 5) is 0. The van der Waals surface area contributed by atoms with Crippen molar-refractivity contribution in [3.63, 3.8) is 0 Å². The van der Waals surface area contributed by atoms with Crippen LogP contribution in [0.25, 0.3) is 28.5 Å². The number of hydrogen-bond acceptors (Lipinski definition) is 2. The molecule has 5 heteroatoms. The highest BCUT2D eigenvalue weighted by Crippen LogP contribution is 2.31. The average Bonchev–Trinajstić information content (AvgIpc) is 3.13. The fourth-order valence-corrected chi connectivity index (χ4v) is 3.74. The van der Waals surface area contributed by atoms with Gasteiger partial charge in [-0.05, 0) is 47.4 Å². The molecule has 3 nitrogen and oxygen atoms in total. The second-order valence-electron chi connectivity index (χ2n) is 7.99. The lowest BCUT2D eigenvalue weighted by molar-refractivity contribution is 0.590. The highest BCUT2D eigenvalue weighted by Gasteiger charge is 2.19. The van der Waals surface area contributed by atoms with Gasteiger partial charge in [0, 0.05) is 25.8 Å². The zero-order chi connectivity index (χ0) is 20.6. The van der Waals surface area contributed by atoms with Crippen molar-refractivity contribution in [1.82, 2.24) is 14.8 Å². The zero-order valence-corrected chi connectivity index (χ0v) is 19.7. The van der Waals surface area contributed by atoms with E-state index in [1.807, 2.05) is 24.3 Å². The predicted octanol–water partition coefficient (Wildman–Crippen LogP) is 7.42.